The molecule has 4 rings (SSSR count). The van der Waals surface area contributed by atoms with Crippen LogP contribution in [0.3, 0.4) is 0 Å². The number of aryl methyl sites for hydroxylation is 2. The zero-order valence-electron chi connectivity index (χ0n) is 29.0. The van der Waals surface area contributed by atoms with E-state index in [0.29, 0.717) is 30.7 Å². The number of likely N-dealkylation sites (tertiary alicyclic amines) is 1. The van der Waals surface area contributed by atoms with Crippen molar-refractivity contribution in [1.82, 2.24) is 10.2 Å². The van der Waals surface area contributed by atoms with Crippen molar-refractivity contribution >= 4 is 29.4 Å². The summed E-state index contributed by atoms with van der Waals surface area (Å²) >= 11 is 0. The molecule has 1 aliphatic heterocycles. The highest BCUT2D eigenvalue weighted by molar-refractivity contribution is 6.11. The second-order valence-electron chi connectivity index (χ2n) is 11.9. The van der Waals surface area contributed by atoms with Gasteiger partial charge in [-0.25, -0.2) is 23.8 Å². The molecule has 0 spiro atoms. The van der Waals surface area contributed by atoms with Crippen LogP contribution in [0.4, 0.5) is 14.9 Å². The number of methoxy groups -OCH3 is 2. The summed E-state index contributed by atoms with van der Waals surface area (Å²) in [5.41, 5.74) is 1.98. The lowest BCUT2D eigenvalue weighted by Crippen LogP contribution is -2.45. The molecule has 1 N–H and O–H groups in total. The molecule has 1 fully saturated rings. The van der Waals surface area contributed by atoms with Crippen LogP contribution in [0.25, 0.3) is 0 Å². The average Bonchev–Trinajstić information content (AvgIpc) is 3.34. The lowest BCUT2D eigenvalue weighted by Gasteiger charge is -2.24. The highest BCUT2D eigenvalue weighted by Gasteiger charge is 2.27. The molecule has 0 aliphatic carbocycles. The summed E-state index contributed by atoms with van der Waals surface area (Å²) in [6.45, 7) is 4.06. The predicted octanol–water partition coefficient (Wildman–Crippen LogP) is 5.20. The Morgan fingerprint density at radius 3 is 2.14 bits per heavy atom. The molecule has 268 valence electrons. The van der Waals surface area contributed by atoms with Crippen molar-refractivity contribution in [2.45, 2.75) is 39.2 Å². The molecule has 1 heterocycles. The van der Waals surface area contributed by atoms with Gasteiger partial charge in [0.25, 0.3) is 5.91 Å². The topological polar surface area (TPSA) is 142 Å². The number of anilines is 1. The van der Waals surface area contributed by atoms with Crippen molar-refractivity contribution in [1.29, 1.82) is 0 Å². The zero-order valence-corrected chi connectivity index (χ0v) is 29.0. The van der Waals surface area contributed by atoms with Crippen LogP contribution >= 0.6 is 0 Å². The summed E-state index contributed by atoms with van der Waals surface area (Å²) in [6, 6.07) is 11.3. The summed E-state index contributed by atoms with van der Waals surface area (Å²) < 4.78 is 36.3. The van der Waals surface area contributed by atoms with E-state index < -0.39 is 23.7 Å². The van der Waals surface area contributed by atoms with Crippen LogP contribution in [0, 0.1) is 19.7 Å². The smallest absolute Gasteiger partial charge is 0.453 e. The molecule has 3 aromatic rings. The summed E-state index contributed by atoms with van der Waals surface area (Å²) in [6.07, 6.45) is 1.16. The first kappa shape index (κ1) is 37.6. The molecule has 0 saturated carbocycles. The van der Waals surface area contributed by atoms with Gasteiger partial charge in [-0.05, 0) is 80.6 Å². The lowest BCUT2D eigenvalue weighted by molar-refractivity contribution is -0.192. The zero-order chi connectivity index (χ0) is 36.4. The first-order valence-corrected chi connectivity index (χ1v) is 15.9. The number of benzene rings is 3. The van der Waals surface area contributed by atoms with Gasteiger partial charge < -0.3 is 34.1 Å². The second-order valence-corrected chi connectivity index (χ2v) is 11.9. The minimum atomic E-state index is -0.981. The summed E-state index contributed by atoms with van der Waals surface area (Å²) in [4.78, 5) is 64.7. The Morgan fingerprint density at radius 1 is 0.860 bits per heavy atom. The molecule has 3 aromatic carbocycles. The fourth-order valence-corrected chi connectivity index (χ4v) is 5.54. The standard InChI is InChI=1S/C36H42FN3O10/c1-22-17-26(18-23(2)33(22)48-21-46-6)34(42)38-27-9-7-8-16-40(19-27)36(44)50-49-35(43)25-12-10-24(11-13-25)32(41)30-29(47-20-45-5)15-14-28(31(30)37)39(3)4/h10-15,17-18,27H,7-9,16,19-21H2,1-6H3,(H,38,42). The van der Waals surface area contributed by atoms with Crippen LogP contribution in [0.5, 0.6) is 11.5 Å². The Balaban J connectivity index is 1.36. The van der Waals surface area contributed by atoms with Gasteiger partial charge in [-0.1, -0.05) is 12.1 Å². The van der Waals surface area contributed by atoms with Crippen molar-refractivity contribution in [3.05, 3.63) is 87.7 Å². The average molecular weight is 696 g/mol. The maximum atomic E-state index is 15.4. The second kappa shape index (κ2) is 17.4. The summed E-state index contributed by atoms with van der Waals surface area (Å²) in [5.74, 6) is -2.08. The molecule has 1 unspecified atom stereocenters. The van der Waals surface area contributed by atoms with Gasteiger partial charge in [0.1, 0.15) is 17.1 Å². The van der Waals surface area contributed by atoms with E-state index >= 15 is 4.39 Å². The third-order valence-electron chi connectivity index (χ3n) is 8.00. The van der Waals surface area contributed by atoms with Crippen LogP contribution in [-0.2, 0) is 19.2 Å². The Kier molecular flexibility index (Phi) is 13.1. The van der Waals surface area contributed by atoms with E-state index in [1.54, 1.807) is 26.2 Å². The van der Waals surface area contributed by atoms with E-state index in [-0.39, 0.29) is 60.2 Å². The minimum absolute atomic E-state index is 0.00154. The van der Waals surface area contributed by atoms with Gasteiger partial charge in [-0.3, -0.25) is 9.59 Å². The number of ketones is 1. The van der Waals surface area contributed by atoms with Gasteiger partial charge >= 0.3 is 12.1 Å². The van der Waals surface area contributed by atoms with Crippen molar-refractivity contribution in [2.24, 2.45) is 0 Å². The number of amides is 2. The molecular formula is C36H42FN3O10. The maximum Gasteiger partial charge on any atom is 0.453 e. The van der Waals surface area contributed by atoms with E-state index in [9.17, 15) is 19.2 Å². The van der Waals surface area contributed by atoms with Crippen LogP contribution < -0.4 is 19.7 Å². The van der Waals surface area contributed by atoms with E-state index in [2.05, 4.69) is 5.32 Å². The molecular weight excluding hydrogens is 653 g/mol. The van der Waals surface area contributed by atoms with Crippen molar-refractivity contribution < 1.29 is 52.3 Å². The number of carbonyl (C=O) groups is 4. The van der Waals surface area contributed by atoms with Crippen LogP contribution in [-0.4, -0.2) is 89.7 Å². The number of rotatable bonds is 12. The van der Waals surface area contributed by atoms with Crippen molar-refractivity contribution in [2.75, 3.05) is 59.9 Å². The van der Waals surface area contributed by atoms with Gasteiger partial charge in [0.15, 0.2) is 25.2 Å². The largest absolute Gasteiger partial charge is 0.467 e. The molecule has 0 aromatic heterocycles. The highest BCUT2D eigenvalue weighted by Crippen LogP contribution is 2.31. The van der Waals surface area contributed by atoms with E-state index in [1.807, 2.05) is 13.8 Å². The molecule has 13 nitrogen and oxygen atoms in total. The van der Waals surface area contributed by atoms with Crippen molar-refractivity contribution in [3.8, 4) is 11.5 Å². The molecule has 0 radical (unpaired) electrons. The Bertz CT molecular complexity index is 1670. The van der Waals surface area contributed by atoms with E-state index in [0.717, 1.165) is 17.5 Å². The van der Waals surface area contributed by atoms with E-state index in [1.165, 1.54) is 60.4 Å². The highest BCUT2D eigenvalue weighted by atomic mass is 19.1. The monoisotopic (exact) mass is 695 g/mol. The van der Waals surface area contributed by atoms with E-state index in [4.69, 9.17) is 28.7 Å². The SMILES string of the molecule is COCOc1ccc(N(C)C)c(F)c1C(=O)c1ccc(C(=O)OOC(=O)N2CCCCC(NC(=O)c3cc(C)c(OCOC)c(C)c3)C2)cc1. The molecule has 1 aliphatic rings. The number of carbonyl (C=O) groups excluding carboxylic acids is 4. The van der Waals surface area contributed by atoms with Gasteiger partial charge in [-0.2, -0.15) is 0 Å². The van der Waals surface area contributed by atoms with Gasteiger partial charge in [0, 0.05) is 58.6 Å². The maximum absolute atomic E-state index is 15.4. The molecule has 1 atom stereocenters. The minimum Gasteiger partial charge on any atom is -0.467 e. The molecule has 1 saturated heterocycles. The van der Waals surface area contributed by atoms with Crippen LogP contribution in [0.1, 0.15) is 67.0 Å². The number of nitrogens with one attached hydrogen (secondary N) is 1. The predicted molar refractivity (Wildman–Crippen MR) is 180 cm³/mol. The van der Waals surface area contributed by atoms with Crippen molar-refractivity contribution in [3.63, 3.8) is 0 Å². The number of halogens is 1. The van der Waals surface area contributed by atoms with Gasteiger partial charge in [0.05, 0.1) is 11.3 Å². The van der Waals surface area contributed by atoms with Crippen LogP contribution in [0.2, 0.25) is 0 Å². The normalized spacial score (nSPS) is 14.3. The third kappa shape index (κ3) is 9.27. The number of hydrogen-bond donors (Lipinski definition) is 1. The lowest BCUT2D eigenvalue weighted by atomic mass is 9.99. The third-order valence-corrected chi connectivity index (χ3v) is 8.00. The number of nitrogens with zero attached hydrogens (tertiary/aromatic N) is 2. The Hall–Kier alpha value is -5.21. The van der Waals surface area contributed by atoms with Gasteiger partial charge in [0.2, 0.25) is 0 Å². The summed E-state index contributed by atoms with van der Waals surface area (Å²) in [7, 11) is 6.21. The summed E-state index contributed by atoms with van der Waals surface area (Å²) in [5, 5.41) is 2.99. The molecule has 2 amide bonds. The van der Waals surface area contributed by atoms with Crippen LogP contribution in [0.15, 0.2) is 48.5 Å². The fourth-order valence-electron chi connectivity index (χ4n) is 5.54. The molecule has 50 heavy (non-hydrogen) atoms. The Labute approximate surface area is 290 Å². The fraction of sp³-hybridized carbons (Fsp3) is 0.389. The number of ether oxygens (including phenoxy) is 4. The quantitative estimate of drug-likeness (QED) is 0.116. The number of hydrogen-bond acceptors (Lipinski definition) is 11. The first-order chi connectivity index (χ1) is 23.9. The van der Waals surface area contributed by atoms with Gasteiger partial charge in [-0.15, -0.1) is 0 Å². The molecule has 0 bridgehead atoms. The Morgan fingerprint density at radius 2 is 1.50 bits per heavy atom. The molecule has 14 heteroatoms. The first-order valence-electron chi connectivity index (χ1n) is 15.9.